The summed E-state index contributed by atoms with van der Waals surface area (Å²) in [5.41, 5.74) is 0. The summed E-state index contributed by atoms with van der Waals surface area (Å²) in [5.74, 6) is 0.215. The number of sulfone groups is 1. The molecule has 0 aromatic carbocycles. The zero-order valence-corrected chi connectivity index (χ0v) is 3.96. The summed E-state index contributed by atoms with van der Waals surface area (Å²) in [6.07, 6.45) is 0. The molecule has 0 atom stereocenters. The van der Waals surface area contributed by atoms with Crippen LogP contribution in [0.2, 0.25) is 0 Å². The van der Waals surface area contributed by atoms with Gasteiger partial charge >= 0.3 is 0 Å². The zero-order chi connectivity index (χ0) is 4.78. The van der Waals surface area contributed by atoms with Crippen molar-refractivity contribution in [3.05, 3.63) is 11.5 Å². The van der Waals surface area contributed by atoms with Crippen molar-refractivity contribution in [2.45, 2.75) is 0 Å². The van der Waals surface area contributed by atoms with E-state index in [0.29, 0.717) is 4.91 Å². The van der Waals surface area contributed by atoms with Crippen molar-refractivity contribution >= 4 is 9.84 Å². The minimum absolute atomic E-state index is 0.215. The maximum absolute atomic E-state index is 9.97. The number of hydrogen-bond donors (Lipinski definition) is 0. The van der Waals surface area contributed by atoms with Crippen molar-refractivity contribution in [1.29, 1.82) is 0 Å². The zero-order valence-electron chi connectivity index (χ0n) is 3.14. The van der Waals surface area contributed by atoms with Crippen molar-refractivity contribution in [1.82, 2.24) is 0 Å². The molecular weight excluding hydrogens is 100 g/mol. The summed E-state index contributed by atoms with van der Waals surface area (Å²) >= 11 is 0. The molecule has 0 saturated carbocycles. The first-order valence-electron chi connectivity index (χ1n) is 1.53. The largest absolute Gasteiger partial charge is 0.224 e. The molecule has 0 bridgehead atoms. The lowest BCUT2D eigenvalue weighted by atomic mass is 10.8. The highest BCUT2D eigenvalue weighted by Crippen LogP contribution is 2.22. The summed E-state index contributed by atoms with van der Waals surface area (Å²) in [5, 5.41) is 0. The molecule has 3 heteroatoms. The fraction of sp³-hybridized carbons (Fsp3) is 0.333. The highest BCUT2D eigenvalue weighted by molar-refractivity contribution is 8.03. The van der Waals surface area contributed by atoms with Gasteiger partial charge in [-0.05, 0) is 0 Å². The van der Waals surface area contributed by atoms with Gasteiger partial charge in [-0.1, -0.05) is 6.58 Å². The summed E-state index contributed by atoms with van der Waals surface area (Å²) in [4.78, 5) is 0.377. The van der Waals surface area contributed by atoms with Gasteiger partial charge < -0.3 is 0 Å². The summed E-state index contributed by atoms with van der Waals surface area (Å²) in [6, 6.07) is 0. The molecule has 0 aliphatic carbocycles. The maximum atomic E-state index is 9.97. The van der Waals surface area contributed by atoms with E-state index in [-0.39, 0.29) is 5.75 Å². The standard InChI is InChI=1S/C3H4O2S/c1-3-2-6(3,4)5/h1-2H2. The van der Waals surface area contributed by atoms with Crippen molar-refractivity contribution in [3.63, 3.8) is 0 Å². The molecule has 1 aliphatic heterocycles. The van der Waals surface area contributed by atoms with E-state index in [9.17, 15) is 8.42 Å². The molecular formula is C3H4O2S. The van der Waals surface area contributed by atoms with Gasteiger partial charge in [-0.2, -0.15) is 0 Å². The molecule has 0 unspecified atom stereocenters. The van der Waals surface area contributed by atoms with Gasteiger partial charge in [-0.25, -0.2) is 8.42 Å². The lowest BCUT2D eigenvalue weighted by molar-refractivity contribution is 0.616. The Morgan fingerprint density at radius 3 is 1.83 bits per heavy atom. The lowest BCUT2D eigenvalue weighted by Crippen LogP contribution is -1.61. The molecule has 1 fully saturated rings. The van der Waals surface area contributed by atoms with Crippen LogP contribution in [0.25, 0.3) is 0 Å². The molecule has 0 spiro atoms. The van der Waals surface area contributed by atoms with Crippen LogP contribution >= 0.6 is 0 Å². The van der Waals surface area contributed by atoms with E-state index in [1.165, 1.54) is 0 Å². The van der Waals surface area contributed by atoms with Crippen LogP contribution in [0.15, 0.2) is 11.5 Å². The fourth-order valence-electron chi connectivity index (χ4n) is 0.182. The van der Waals surface area contributed by atoms with Crippen LogP contribution in [-0.4, -0.2) is 14.2 Å². The van der Waals surface area contributed by atoms with Crippen LogP contribution in [0, 0.1) is 0 Å². The molecule has 0 radical (unpaired) electrons. The average molecular weight is 104 g/mol. The Morgan fingerprint density at radius 2 is 1.83 bits per heavy atom. The topological polar surface area (TPSA) is 34.1 Å². The van der Waals surface area contributed by atoms with E-state index in [4.69, 9.17) is 0 Å². The second kappa shape index (κ2) is 0.680. The number of hydrogen-bond acceptors (Lipinski definition) is 2. The second-order valence-electron chi connectivity index (χ2n) is 1.30. The molecule has 1 heterocycles. The minimum atomic E-state index is -2.69. The molecule has 1 rings (SSSR count). The summed E-state index contributed by atoms with van der Waals surface area (Å²) in [6.45, 7) is 3.23. The van der Waals surface area contributed by atoms with Gasteiger partial charge in [-0.15, -0.1) is 0 Å². The van der Waals surface area contributed by atoms with Crippen molar-refractivity contribution in [2.75, 3.05) is 5.75 Å². The molecule has 1 saturated heterocycles. The van der Waals surface area contributed by atoms with Crippen LogP contribution in [0.4, 0.5) is 0 Å². The molecule has 0 N–H and O–H groups in total. The molecule has 34 valence electrons. The Morgan fingerprint density at radius 1 is 1.67 bits per heavy atom. The first-order chi connectivity index (χ1) is 2.63. The van der Waals surface area contributed by atoms with Gasteiger partial charge in [0.05, 0.1) is 10.7 Å². The van der Waals surface area contributed by atoms with Crippen LogP contribution < -0.4 is 0 Å². The van der Waals surface area contributed by atoms with E-state index in [2.05, 4.69) is 6.58 Å². The quantitative estimate of drug-likeness (QED) is 0.403. The van der Waals surface area contributed by atoms with Gasteiger partial charge in [0.2, 0.25) is 0 Å². The third-order valence-corrected chi connectivity index (χ3v) is 2.11. The van der Waals surface area contributed by atoms with E-state index in [1.54, 1.807) is 0 Å². The molecule has 0 aromatic rings. The van der Waals surface area contributed by atoms with Crippen LogP contribution in [0.3, 0.4) is 0 Å². The Labute approximate surface area is 36.4 Å². The van der Waals surface area contributed by atoms with Crippen LogP contribution in [0.5, 0.6) is 0 Å². The lowest BCUT2D eigenvalue weighted by Gasteiger charge is -1.49. The molecule has 1 aliphatic rings. The second-order valence-corrected chi connectivity index (χ2v) is 3.39. The van der Waals surface area contributed by atoms with Crippen LogP contribution in [0.1, 0.15) is 0 Å². The predicted molar refractivity (Wildman–Crippen MR) is 22.9 cm³/mol. The van der Waals surface area contributed by atoms with Gasteiger partial charge in [-0.3, -0.25) is 0 Å². The van der Waals surface area contributed by atoms with E-state index >= 15 is 0 Å². The number of rotatable bonds is 0. The highest BCUT2D eigenvalue weighted by Gasteiger charge is 2.32. The Kier molecular flexibility index (Phi) is 0.438. The van der Waals surface area contributed by atoms with Crippen molar-refractivity contribution in [2.24, 2.45) is 0 Å². The molecule has 6 heavy (non-hydrogen) atoms. The first kappa shape index (κ1) is 3.87. The van der Waals surface area contributed by atoms with Gasteiger partial charge in [0, 0.05) is 0 Å². The SMILES string of the molecule is C=C1CS1(=O)=O. The third kappa shape index (κ3) is 0.354. The Balaban J connectivity index is 3.24. The minimum Gasteiger partial charge on any atom is -0.224 e. The first-order valence-corrected chi connectivity index (χ1v) is 3.19. The van der Waals surface area contributed by atoms with Crippen molar-refractivity contribution < 1.29 is 8.42 Å². The summed E-state index contributed by atoms with van der Waals surface area (Å²) in [7, 11) is -2.69. The molecule has 2 nitrogen and oxygen atoms in total. The fourth-order valence-corrected chi connectivity index (χ4v) is 0.836. The maximum Gasteiger partial charge on any atom is 0.179 e. The normalized spacial score (nSPS) is 27.0. The van der Waals surface area contributed by atoms with Gasteiger partial charge in [0.25, 0.3) is 0 Å². The third-order valence-electron chi connectivity index (χ3n) is 0.702. The molecule has 0 amide bonds. The molecule has 0 aromatic heterocycles. The van der Waals surface area contributed by atoms with Crippen LogP contribution in [-0.2, 0) is 9.84 Å². The average Bonchev–Trinajstić information content (AvgIpc) is 1.73. The van der Waals surface area contributed by atoms with Gasteiger partial charge in [0.1, 0.15) is 0 Å². The smallest absolute Gasteiger partial charge is 0.179 e. The van der Waals surface area contributed by atoms with E-state index in [1.807, 2.05) is 0 Å². The van der Waals surface area contributed by atoms with E-state index < -0.39 is 9.84 Å². The summed E-state index contributed by atoms with van der Waals surface area (Å²) < 4.78 is 19.9. The Bertz CT molecular complexity index is 175. The van der Waals surface area contributed by atoms with Gasteiger partial charge in [0.15, 0.2) is 9.84 Å². The van der Waals surface area contributed by atoms with E-state index in [0.717, 1.165) is 0 Å². The Hall–Kier alpha value is -0.310. The van der Waals surface area contributed by atoms with Crippen molar-refractivity contribution in [3.8, 4) is 0 Å². The highest BCUT2D eigenvalue weighted by atomic mass is 32.2. The monoisotopic (exact) mass is 104 g/mol. The predicted octanol–water partition coefficient (Wildman–Crippen LogP) is -0.0715.